The molecule has 0 aromatic heterocycles. The molecule has 1 N–H and O–H groups in total. The number of anilines is 1. The maximum atomic E-state index is 11.7. The molecule has 6 nitrogen and oxygen atoms in total. The standard InChI is InChI=1S/C11H11ClN2O4S/c1-2-18-11(15)7-19(16,17)14-10-5-9(12)4-3-8(10)6-13/h3-5,14H,2,7H2,1H3. The molecule has 0 fully saturated rings. The highest BCUT2D eigenvalue weighted by atomic mass is 35.5. The highest BCUT2D eigenvalue weighted by Crippen LogP contribution is 2.21. The number of nitrogens with one attached hydrogen (secondary N) is 1. The lowest BCUT2D eigenvalue weighted by molar-refractivity contribution is -0.139. The zero-order valence-electron chi connectivity index (χ0n) is 10.0. The Morgan fingerprint density at radius 3 is 2.79 bits per heavy atom. The van der Waals surface area contributed by atoms with Crippen molar-refractivity contribution in [2.75, 3.05) is 17.1 Å². The van der Waals surface area contributed by atoms with Crippen LogP contribution in [0.15, 0.2) is 18.2 Å². The largest absolute Gasteiger partial charge is 0.465 e. The van der Waals surface area contributed by atoms with Gasteiger partial charge >= 0.3 is 5.97 Å². The molecule has 19 heavy (non-hydrogen) atoms. The van der Waals surface area contributed by atoms with Crippen molar-refractivity contribution in [2.45, 2.75) is 6.92 Å². The molecule has 0 aliphatic heterocycles. The van der Waals surface area contributed by atoms with E-state index in [0.717, 1.165) is 0 Å². The first-order chi connectivity index (χ1) is 8.88. The van der Waals surface area contributed by atoms with Gasteiger partial charge in [0.15, 0.2) is 5.75 Å². The van der Waals surface area contributed by atoms with Crippen LogP contribution < -0.4 is 4.72 Å². The SMILES string of the molecule is CCOC(=O)CS(=O)(=O)Nc1cc(Cl)ccc1C#N. The van der Waals surface area contributed by atoms with E-state index in [1.165, 1.54) is 18.2 Å². The highest BCUT2D eigenvalue weighted by molar-refractivity contribution is 7.93. The number of sulfonamides is 1. The van der Waals surface area contributed by atoms with E-state index < -0.39 is 21.7 Å². The lowest BCUT2D eigenvalue weighted by Crippen LogP contribution is -2.24. The molecule has 0 saturated heterocycles. The molecule has 0 amide bonds. The number of hydrogen-bond acceptors (Lipinski definition) is 5. The van der Waals surface area contributed by atoms with Crippen LogP contribution in [0.25, 0.3) is 0 Å². The van der Waals surface area contributed by atoms with Crippen LogP contribution in [-0.4, -0.2) is 26.7 Å². The van der Waals surface area contributed by atoms with Gasteiger partial charge in [0.05, 0.1) is 17.9 Å². The molecule has 0 spiro atoms. The Balaban J connectivity index is 2.93. The molecule has 0 radical (unpaired) electrons. The third-order valence-corrected chi connectivity index (χ3v) is 3.36. The molecule has 0 heterocycles. The van der Waals surface area contributed by atoms with Crippen molar-refractivity contribution in [1.82, 2.24) is 0 Å². The fourth-order valence-electron chi connectivity index (χ4n) is 1.26. The molecule has 1 rings (SSSR count). The van der Waals surface area contributed by atoms with E-state index >= 15 is 0 Å². The van der Waals surface area contributed by atoms with E-state index in [1.807, 2.05) is 6.07 Å². The minimum absolute atomic E-state index is 0.0271. The molecular weight excluding hydrogens is 292 g/mol. The maximum Gasteiger partial charge on any atom is 0.323 e. The number of halogens is 1. The van der Waals surface area contributed by atoms with Crippen LogP contribution in [0.5, 0.6) is 0 Å². The molecule has 0 aliphatic carbocycles. The van der Waals surface area contributed by atoms with Gasteiger partial charge in [0.1, 0.15) is 6.07 Å². The maximum absolute atomic E-state index is 11.7. The summed E-state index contributed by atoms with van der Waals surface area (Å²) in [7, 11) is -3.94. The second-order valence-electron chi connectivity index (χ2n) is 3.47. The quantitative estimate of drug-likeness (QED) is 0.832. The van der Waals surface area contributed by atoms with Gasteiger partial charge in [-0.3, -0.25) is 9.52 Å². The summed E-state index contributed by atoms with van der Waals surface area (Å²) in [5.41, 5.74) is 0.135. The number of carbonyl (C=O) groups excluding carboxylic acids is 1. The fraction of sp³-hybridized carbons (Fsp3) is 0.273. The van der Waals surface area contributed by atoms with Gasteiger partial charge in [0, 0.05) is 5.02 Å². The second kappa shape index (κ2) is 6.41. The van der Waals surface area contributed by atoms with E-state index in [2.05, 4.69) is 9.46 Å². The number of benzene rings is 1. The van der Waals surface area contributed by atoms with Gasteiger partial charge in [-0.15, -0.1) is 0 Å². The number of ether oxygens (including phenoxy) is 1. The molecule has 0 saturated carbocycles. The van der Waals surface area contributed by atoms with Crippen LogP contribution in [0.4, 0.5) is 5.69 Å². The van der Waals surface area contributed by atoms with Crippen molar-refractivity contribution in [3.63, 3.8) is 0 Å². The molecule has 0 bridgehead atoms. The molecule has 1 aromatic rings. The van der Waals surface area contributed by atoms with Crippen LogP contribution >= 0.6 is 11.6 Å². The lowest BCUT2D eigenvalue weighted by Gasteiger charge is -2.09. The summed E-state index contributed by atoms with van der Waals surface area (Å²) >= 11 is 5.72. The molecular formula is C11H11ClN2O4S. The van der Waals surface area contributed by atoms with Crippen LogP contribution in [0.2, 0.25) is 5.02 Å². The number of carbonyl (C=O) groups is 1. The van der Waals surface area contributed by atoms with Crippen LogP contribution in [-0.2, 0) is 19.6 Å². The van der Waals surface area contributed by atoms with Crippen LogP contribution in [0.3, 0.4) is 0 Å². The zero-order valence-corrected chi connectivity index (χ0v) is 11.6. The Kier molecular flexibility index (Phi) is 5.15. The van der Waals surface area contributed by atoms with Gasteiger partial charge in [-0.25, -0.2) is 8.42 Å². The van der Waals surface area contributed by atoms with Gasteiger partial charge in [0.2, 0.25) is 10.0 Å². The van der Waals surface area contributed by atoms with Crippen molar-refractivity contribution in [1.29, 1.82) is 5.26 Å². The van der Waals surface area contributed by atoms with Gasteiger partial charge < -0.3 is 4.74 Å². The van der Waals surface area contributed by atoms with E-state index in [0.29, 0.717) is 0 Å². The average Bonchev–Trinajstić information content (AvgIpc) is 2.28. The molecule has 8 heteroatoms. The summed E-state index contributed by atoms with van der Waals surface area (Å²) < 4.78 is 30.1. The van der Waals surface area contributed by atoms with E-state index in [1.54, 1.807) is 6.92 Å². The number of nitrogens with zero attached hydrogens (tertiary/aromatic N) is 1. The number of nitriles is 1. The predicted molar refractivity (Wildman–Crippen MR) is 70.2 cm³/mol. The lowest BCUT2D eigenvalue weighted by atomic mass is 10.2. The zero-order chi connectivity index (χ0) is 14.5. The summed E-state index contributed by atoms with van der Waals surface area (Å²) in [5, 5.41) is 9.12. The second-order valence-corrected chi connectivity index (χ2v) is 5.63. The monoisotopic (exact) mass is 302 g/mol. The summed E-state index contributed by atoms with van der Waals surface area (Å²) in [4.78, 5) is 11.1. The molecule has 0 aliphatic rings. The van der Waals surface area contributed by atoms with Crippen molar-refractivity contribution in [3.8, 4) is 6.07 Å². The first-order valence-electron chi connectivity index (χ1n) is 5.23. The van der Waals surface area contributed by atoms with Gasteiger partial charge in [-0.2, -0.15) is 5.26 Å². The minimum Gasteiger partial charge on any atom is -0.465 e. The number of hydrogen-bond donors (Lipinski definition) is 1. The topological polar surface area (TPSA) is 96.3 Å². The predicted octanol–water partition coefficient (Wildman–Crippen LogP) is 1.52. The molecule has 0 unspecified atom stereocenters. The average molecular weight is 303 g/mol. The van der Waals surface area contributed by atoms with Crippen LogP contribution in [0, 0.1) is 11.3 Å². The van der Waals surface area contributed by atoms with E-state index in [9.17, 15) is 13.2 Å². The Morgan fingerprint density at radius 2 is 2.21 bits per heavy atom. The summed E-state index contributed by atoms with van der Waals surface area (Å²) in [6, 6.07) is 5.96. The Bertz CT molecular complexity index is 622. The van der Waals surface area contributed by atoms with Crippen molar-refractivity contribution < 1.29 is 17.9 Å². The third-order valence-electron chi connectivity index (χ3n) is 1.98. The first-order valence-corrected chi connectivity index (χ1v) is 7.26. The first kappa shape index (κ1) is 15.3. The summed E-state index contributed by atoms with van der Waals surface area (Å²) in [6.45, 7) is 1.66. The molecule has 1 aromatic carbocycles. The smallest absolute Gasteiger partial charge is 0.323 e. The summed E-state index contributed by atoms with van der Waals surface area (Å²) in [5.74, 6) is -1.69. The van der Waals surface area contributed by atoms with Crippen molar-refractivity contribution >= 4 is 33.3 Å². The normalized spacial score (nSPS) is 10.6. The Hall–Kier alpha value is -1.78. The fourth-order valence-corrected chi connectivity index (χ4v) is 2.40. The van der Waals surface area contributed by atoms with E-state index in [4.69, 9.17) is 16.9 Å². The molecule has 0 atom stereocenters. The van der Waals surface area contributed by atoms with Crippen molar-refractivity contribution in [3.05, 3.63) is 28.8 Å². The molecule has 102 valence electrons. The van der Waals surface area contributed by atoms with Gasteiger partial charge in [-0.05, 0) is 25.1 Å². The number of rotatable bonds is 5. The van der Waals surface area contributed by atoms with Crippen molar-refractivity contribution in [2.24, 2.45) is 0 Å². The van der Waals surface area contributed by atoms with E-state index in [-0.39, 0.29) is 22.9 Å². The van der Waals surface area contributed by atoms with Gasteiger partial charge in [-0.1, -0.05) is 11.6 Å². The summed E-state index contributed by atoms with van der Waals surface area (Å²) in [6.07, 6.45) is 0. The highest BCUT2D eigenvalue weighted by Gasteiger charge is 2.19. The third kappa shape index (κ3) is 4.77. The van der Waals surface area contributed by atoms with Gasteiger partial charge in [0.25, 0.3) is 0 Å². The number of esters is 1. The minimum atomic E-state index is -3.94. The Labute approximate surface area is 116 Å². The van der Waals surface area contributed by atoms with Crippen LogP contribution in [0.1, 0.15) is 12.5 Å². The Morgan fingerprint density at radius 1 is 1.53 bits per heavy atom.